The zero-order valence-electron chi connectivity index (χ0n) is 23.7. The number of fused-ring (bicyclic) bond motifs is 1. The molecule has 7 rings (SSSR count). The zero-order valence-corrected chi connectivity index (χ0v) is 24.5. The van der Waals surface area contributed by atoms with Gasteiger partial charge in [0.05, 0.1) is 17.2 Å². The number of carbonyl (C=O) groups excluding carboxylic acids is 2. The first-order valence-electron chi connectivity index (χ1n) is 13.8. The molecule has 44 heavy (non-hydrogen) atoms. The van der Waals surface area contributed by atoms with Gasteiger partial charge in [-0.2, -0.15) is 18.2 Å². The summed E-state index contributed by atoms with van der Waals surface area (Å²) in [6.45, 7) is -1.88. The van der Waals surface area contributed by atoms with Gasteiger partial charge in [-0.1, -0.05) is 18.2 Å². The van der Waals surface area contributed by atoms with Crippen molar-refractivity contribution < 1.29 is 40.0 Å². The first-order chi connectivity index (χ1) is 20.7. The van der Waals surface area contributed by atoms with Crippen molar-refractivity contribution in [2.24, 2.45) is 11.3 Å². The predicted octanol–water partition coefficient (Wildman–Crippen LogP) is 6.36. The second-order valence-electron chi connectivity index (χ2n) is 11.6. The van der Waals surface area contributed by atoms with Crippen molar-refractivity contribution in [3.05, 3.63) is 71.5 Å². The molecule has 1 amide bonds. The van der Waals surface area contributed by atoms with E-state index >= 15 is 0 Å². The maximum atomic E-state index is 13.7. The topological polar surface area (TPSA) is 110 Å². The molecule has 13 heteroatoms. The molecule has 2 aromatic carbocycles. The van der Waals surface area contributed by atoms with E-state index in [0.29, 0.717) is 24.2 Å². The summed E-state index contributed by atoms with van der Waals surface area (Å²) in [6, 6.07) is 12.5. The van der Waals surface area contributed by atoms with Crippen LogP contribution in [-0.2, 0) is 10.0 Å². The molecule has 0 saturated heterocycles. The van der Waals surface area contributed by atoms with Gasteiger partial charge in [-0.05, 0) is 72.6 Å². The lowest BCUT2D eigenvalue weighted by atomic mass is 9.43. The van der Waals surface area contributed by atoms with Crippen molar-refractivity contribution >= 4 is 38.6 Å². The van der Waals surface area contributed by atoms with Gasteiger partial charge in [0.1, 0.15) is 18.1 Å². The van der Waals surface area contributed by atoms with Crippen LogP contribution in [0.15, 0.2) is 59.0 Å². The molecule has 2 heterocycles. The average molecular weight is 630 g/mol. The zero-order chi connectivity index (χ0) is 31.6. The molecular weight excluding hydrogens is 602 g/mol. The average Bonchev–Trinajstić information content (AvgIpc) is 3.29. The molecule has 2 aromatic heterocycles. The summed E-state index contributed by atoms with van der Waals surface area (Å²) >= 11 is 0. The fraction of sp³-hybridized carbons (Fsp3) is 0.323. The molecule has 3 saturated carbocycles. The Hall–Kier alpha value is -4.26. The first kappa shape index (κ1) is 29.8. The number of alkyl halides is 3. The molecule has 4 aromatic rings. The minimum atomic E-state index is -4.94. The number of pyridine rings is 1. The molecule has 3 fully saturated rings. The van der Waals surface area contributed by atoms with Gasteiger partial charge in [0.25, 0.3) is 5.91 Å². The van der Waals surface area contributed by atoms with Crippen molar-refractivity contribution in [2.45, 2.75) is 31.9 Å². The normalized spacial score (nSPS) is 19.3. The Labute approximate surface area is 250 Å². The van der Waals surface area contributed by atoms with E-state index in [0.717, 1.165) is 31.4 Å². The number of amides is 1. The summed E-state index contributed by atoms with van der Waals surface area (Å²) in [5, 5.41) is 2.57. The van der Waals surface area contributed by atoms with Crippen LogP contribution in [0.2, 0.25) is 0 Å². The Morgan fingerprint density at radius 2 is 1.75 bits per heavy atom. The number of carbonyl (C=O) groups is 2. The number of rotatable bonds is 9. The summed E-state index contributed by atoms with van der Waals surface area (Å²) in [5.41, 5.74) is 0.428. The van der Waals surface area contributed by atoms with E-state index < -0.39 is 40.3 Å². The van der Waals surface area contributed by atoms with Crippen LogP contribution in [0, 0.1) is 17.2 Å². The van der Waals surface area contributed by atoms with Crippen molar-refractivity contribution in [3.63, 3.8) is 0 Å². The van der Waals surface area contributed by atoms with Crippen molar-refractivity contribution in [3.8, 4) is 22.5 Å². The van der Waals surface area contributed by atoms with Gasteiger partial charge in [-0.3, -0.25) is 9.59 Å². The maximum absolute atomic E-state index is 13.7. The van der Waals surface area contributed by atoms with Crippen LogP contribution >= 0.6 is 0 Å². The summed E-state index contributed by atoms with van der Waals surface area (Å²) in [4.78, 5) is 30.6. The van der Waals surface area contributed by atoms with Gasteiger partial charge in [0.2, 0.25) is 15.7 Å². The highest BCUT2D eigenvalue weighted by Crippen LogP contribution is 2.66. The van der Waals surface area contributed by atoms with Crippen LogP contribution in [-0.4, -0.2) is 51.1 Å². The van der Waals surface area contributed by atoms with Gasteiger partial charge in [0, 0.05) is 30.2 Å². The highest BCUT2D eigenvalue weighted by molar-refractivity contribution is 7.92. The largest absolute Gasteiger partial charge is 0.437 e. The number of Topliss-reactive ketones (excluding diaryl/α,β-unsaturated/α-hetero) is 1. The van der Waals surface area contributed by atoms with Gasteiger partial charge < -0.3 is 9.73 Å². The molecule has 2 bridgehead atoms. The van der Waals surface area contributed by atoms with Crippen LogP contribution in [0.1, 0.15) is 46.4 Å². The quantitative estimate of drug-likeness (QED) is 0.170. The van der Waals surface area contributed by atoms with E-state index in [-0.39, 0.29) is 54.6 Å². The lowest BCUT2D eigenvalue weighted by Gasteiger charge is -2.62. The standard InChI is InChI=1S/C31H27F4N3O5S/c1-36-28(40)25-23-11-22(19-4-3-5-20(10-19)24(39)15-30-12-17(13-30)14-30)27(38(44(2,41)42)16-31(33,34)35)37-29(23)43-26(25)18-6-8-21(32)9-7-18/h3-11,17H,12-16H2,1-2H3,(H,36,40). The number of nitrogens with one attached hydrogen (secondary N) is 1. The number of halogens is 4. The molecule has 230 valence electrons. The fourth-order valence-corrected chi connectivity index (χ4v) is 7.10. The number of aromatic nitrogens is 1. The third-order valence-corrected chi connectivity index (χ3v) is 9.48. The number of nitrogens with zero attached hydrogens (tertiary/aromatic N) is 2. The van der Waals surface area contributed by atoms with Gasteiger partial charge in [-0.15, -0.1) is 0 Å². The van der Waals surface area contributed by atoms with E-state index in [1.165, 1.54) is 37.4 Å². The molecular formula is C31H27F4N3O5S. The molecule has 0 unspecified atom stereocenters. The van der Waals surface area contributed by atoms with E-state index in [4.69, 9.17) is 4.42 Å². The smallest absolute Gasteiger partial charge is 0.407 e. The van der Waals surface area contributed by atoms with E-state index in [1.807, 2.05) is 0 Å². The van der Waals surface area contributed by atoms with Gasteiger partial charge >= 0.3 is 6.18 Å². The van der Waals surface area contributed by atoms with Crippen LogP contribution < -0.4 is 9.62 Å². The summed E-state index contributed by atoms with van der Waals surface area (Å²) in [6.07, 6.45) is -0.952. The fourth-order valence-electron chi connectivity index (χ4n) is 6.26. The molecule has 0 atom stereocenters. The number of ketones is 1. The minimum Gasteiger partial charge on any atom is -0.437 e. The summed E-state index contributed by atoms with van der Waals surface area (Å²) < 4.78 is 86.4. The molecule has 8 nitrogen and oxygen atoms in total. The number of sulfonamides is 1. The number of hydrogen-bond acceptors (Lipinski definition) is 6. The summed E-state index contributed by atoms with van der Waals surface area (Å²) in [7, 11) is -3.18. The number of hydrogen-bond donors (Lipinski definition) is 1. The highest BCUT2D eigenvalue weighted by atomic mass is 32.2. The number of furan rings is 1. The lowest BCUT2D eigenvalue weighted by Crippen LogP contribution is -2.52. The van der Waals surface area contributed by atoms with Crippen LogP contribution in [0.5, 0.6) is 0 Å². The molecule has 1 N–H and O–H groups in total. The van der Waals surface area contributed by atoms with E-state index in [1.54, 1.807) is 12.1 Å². The Kier molecular flexibility index (Phi) is 7.06. The first-order valence-corrected chi connectivity index (χ1v) is 15.6. The van der Waals surface area contributed by atoms with Crippen LogP contribution in [0.4, 0.5) is 23.4 Å². The Bertz CT molecular complexity index is 1900. The SMILES string of the molecule is CNC(=O)c1c(-c2ccc(F)cc2)oc2nc(N(CC(F)(F)F)S(C)(=O)=O)c(-c3cccc(C(=O)CC45CC(C4)C5)c3)cc12. The molecule has 0 aliphatic heterocycles. The van der Waals surface area contributed by atoms with Crippen molar-refractivity contribution in [1.82, 2.24) is 10.3 Å². The Morgan fingerprint density at radius 1 is 1.07 bits per heavy atom. The lowest BCUT2D eigenvalue weighted by molar-refractivity contribution is -0.117. The van der Waals surface area contributed by atoms with E-state index in [9.17, 15) is 35.6 Å². The van der Waals surface area contributed by atoms with Crippen LogP contribution in [0.25, 0.3) is 33.6 Å². The molecule has 0 spiro atoms. The third kappa shape index (κ3) is 5.44. The third-order valence-electron chi connectivity index (χ3n) is 8.38. The van der Waals surface area contributed by atoms with Crippen molar-refractivity contribution in [2.75, 3.05) is 24.2 Å². The van der Waals surface area contributed by atoms with Crippen molar-refractivity contribution in [1.29, 1.82) is 0 Å². The molecule has 0 radical (unpaired) electrons. The number of benzene rings is 2. The molecule has 3 aliphatic carbocycles. The summed E-state index contributed by atoms with van der Waals surface area (Å²) in [5.74, 6) is -1.25. The van der Waals surface area contributed by atoms with Gasteiger partial charge in [0.15, 0.2) is 11.6 Å². The highest BCUT2D eigenvalue weighted by Gasteiger charge is 2.56. The maximum Gasteiger partial charge on any atom is 0.407 e. The monoisotopic (exact) mass is 629 g/mol. The Balaban J connectivity index is 1.57. The second kappa shape index (κ2) is 10.4. The van der Waals surface area contributed by atoms with Gasteiger partial charge in [-0.25, -0.2) is 17.1 Å². The Morgan fingerprint density at radius 3 is 2.32 bits per heavy atom. The minimum absolute atomic E-state index is 0.0130. The predicted molar refractivity (Wildman–Crippen MR) is 155 cm³/mol. The van der Waals surface area contributed by atoms with Crippen LogP contribution in [0.3, 0.4) is 0 Å². The second-order valence-corrected chi connectivity index (χ2v) is 13.6. The van der Waals surface area contributed by atoms with E-state index in [2.05, 4.69) is 10.3 Å². The number of anilines is 1. The molecule has 3 aliphatic rings.